The molecule has 4 rings (SSSR count). The smallest absolute Gasteiger partial charge is 0.300 e. The molecule has 1 aromatic heterocycles. The highest BCUT2D eigenvalue weighted by Crippen LogP contribution is 2.43. The Morgan fingerprint density at radius 3 is 2.50 bits per heavy atom. The summed E-state index contributed by atoms with van der Waals surface area (Å²) in [5.41, 5.74) is 2.81. The molecule has 2 aromatic carbocycles. The SMILES string of the molecule is CCCOc1ccc(/C(O)=C2/C(=O)C(=O)N(c3cc(C)ccc3C)C2c2ccco2)cc1. The van der Waals surface area contributed by atoms with Crippen LogP contribution in [-0.4, -0.2) is 23.4 Å². The number of rotatable bonds is 6. The second kappa shape index (κ2) is 8.75. The normalized spacial score (nSPS) is 17.7. The number of furan rings is 1. The number of carbonyl (C=O) groups excluding carboxylic acids is 2. The molecule has 1 N–H and O–H groups in total. The molecule has 1 aliphatic heterocycles. The predicted octanol–water partition coefficient (Wildman–Crippen LogP) is 5.31. The molecule has 0 spiro atoms. The van der Waals surface area contributed by atoms with Crippen molar-refractivity contribution in [3.63, 3.8) is 0 Å². The number of aliphatic hydroxyl groups excluding tert-OH is 1. The van der Waals surface area contributed by atoms with Crippen molar-refractivity contribution in [3.05, 3.63) is 88.9 Å². The fourth-order valence-corrected chi connectivity index (χ4v) is 3.86. The second-order valence-corrected chi connectivity index (χ2v) is 7.85. The largest absolute Gasteiger partial charge is 0.507 e. The van der Waals surface area contributed by atoms with Crippen LogP contribution >= 0.6 is 0 Å². The molecule has 0 bridgehead atoms. The van der Waals surface area contributed by atoms with E-state index >= 15 is 0 Å². The zero-order chi connectivity index (χ0) is 22.8. The van der Waals surface area contributed by atoms with Crippen molar-refractivity contribution in [1.82, 2.24) is 0 Å². The molecule has 6 nitrogen and oxygen atoms in total. The van der Waals surface area contributed by atoms with E-state index in [0.29, 0.717) is 29.4 Å². The molecular weight excluding hydrogens is 406 g/mol. The summed E-state index contributed by atoms with van der Waals surface area (Å²) in [5, 5.41) is 11.1. The number of aryl methyl sites for hydroxylation is 2. The molecule has 0 saturated carbocycles. The minimum Gasteiger partial charge on any atom is -0.507 e. The first kappa shape index (κ1) is 21.4. The van der Waals surface area contributed by atoms with Gasteiger partial charge in [0.2, 0.25) is 0 Å². The van der Waals surface area contributed by atoms with Gasteiger partial charge in [0, 0.05) is 11.3 Å². The molecule has 2 heterocycles. The third-order valence-corrected chi connectivity index (χ3v) is 5.48. The Balaban J connectivity index is 1.84. The van der Waals surface area contributed by atoms with Crippen molar-refractivity contribution >= 4 is 23.1 Å². The number of Topliss-reactive ketones (excluding diaryl/α,β-unsaturated/α-hetero) is 1. The summed E-state index contributed by atoms with van der Waals surface area (Å²) in [7, 11) is 0. The summed E-state index contributed by atoms with van der Waals surface area (Å²) in [4.78, 5) is 27.7. The number of ketones is 1. The zero-order valence-electron chi connectivity index (χ0n) is 18.3. The number of hydrogen-bond donors (Lipinski definition) is 1. The molecule has 164 valence electrons. The number of benzene rings is 2. The number of anilines is 1. The van der Waals surface area contributed by atoms with Crippen molar-refractivity contribution in [3.8, 4) is 5.75 Å². The zero-order valence-corrected chi connectivity index (χ0v) is 18.3. The van der Waals surface area contributed by atoms with Crippen LogP contribution in [0.2, 0.25) is 0 Å². The second-order valence-electron chi connectivity index (χ2n) is 7.85. The van der Waals surface area contributed by atoms with Gasteiger partial charge in [0.25, 0.3) is 11.7 Å². The van der Waals surface area contributed by atoms with Gasteiger partial charge in [-0.2, -0.15) is 0 Å². The maximum atomic E-state index is 13.2. The van der Waals surface area contributed by atoms with Crippen LogP contribution < -0.4 is 9.64 Å². The van der Waals surface area contributed by atoms with Gasteiger partial charge in [-0.15, -0.1) is 0 Å². The fraction of sp³-hybridized carbons (Fsp3) is 0.231. The molecule has 1 unspecified atom stereocenters. The summed E-state index contributed by atoms with van der Waals surface area (Å²) in [6.07, 6.45) is 2.37. The van der Waals surface area contributed by atoms with Crippen LogP contribution in [0, 0.1) is 13.8 Å². The Bertz CT molecular complexity index is 1180. The molecule has 1 atom stereocenters. The van der Waals surface area contributed by atoms with Crippen LogP contribution in [0.5, 0.6) is 5.75 Å². The van der Waals surface area contributed by atoms with Gasteiger partial charge >= 0.3 is 0 Å². The van der Waals surface area contributed by atoms with E-state index in [-0.39, 0.29) is 11.3 Å². The van der Waals surface area contributed by atoms with Gasteiger partial charge in [-0.1, -0.05) is 19.1 Å². The van der Waals surface area contributed by atoms with Crippen LogP contribution in [0.4, 0.5) is 5.69 Å². The Morgan fingerprint density at radius 1 is 1.09 bits per heavy atom. The number of carbonyl (C=O) groups is 2. The lowest BCUT2D eigenvalue weighted by molar-refractivity contribution is -0.132. The van der Waals surface area contributed by atoms with E-state index < -0.39 is 17.7 Å². The first-order chi connectivity index (χ1) is 15.4. The van der Waals surface area contributed by atoms with Crippen molar-refractivity contribution in [1.29, 1.82) is 0 Å². The molecule has 3 aromatic rings. The Labute approximate surface area is 186 Å². The average Bonchev–Trinajstić information content (AvgIpc) is 3.41. The van der Waals surface area contributed by atoms with Crippen LogP contribution in [0.3, 0.4) is 0 Å². The number of hydrogen-bond acceptors (Lipinski definition) is 5. The van der Waals surface area contributed by atoms with Crippen LogP contribution in [-0.2, 0) is 9.59 Å². The highest BCUT2D eigenvalue weighted by atomic mass is 16.5. The van der Waals surface area contributed by atoms with Crippen molar-refractivity contribution in [2.75, 3.05) is 11.5 Å². The molecule has 1 fully saturated rings. The highest BCUT2D eigenvalue weighted by molar-refractivity contribution is 6.51. The van der Waals surface area contributed by atoms with E-state index in [9.17, 15) is 14.7 Å². The number of amides is 1. The monoisotopic (exact) mass is 431 g/mol. The van der Waals surface area contributed by atoms with Crippen molar-refractivity contribution in [2.45, 2.75) is 33.2 Å². The van der Waals surface area contributed by atoms with Gasteiger partial charge in [0.05, 0.1) is 18.4 Å². The van der Waals surface area contributed by atoms with Crippen LogP contribution in [0.1, 0.15) is 41.8 Å². The van der Waals surface area contributed by atoms with E-state index in [1.807, 2.05) is 39.0 Å². The molecule has 0 radical (unpaired) electrons. The lowest BCUT2D eigenvalue weighted by atomic mass is 9.98. The number of ether oxygens (including phenoxy) is 1. The Kier molecular flexibility index (Phi) is 5.86. The molecule has 1 aliphatic rings. The van der Waals surface area contributed by atoms with Gasteiger partial charge in [0.1, 0.15) is 23.3 Å². The standard InChI is InChI=1S/C26H25NO5/c1-4-13-31-19-11-9-18(10-12-19)24(28)22-23(21-6-5-14-32-21)27(26(30)25(22)29)20-15-16(2)7-8-17(20)3/h5-12,14-15,23,28H,4,13H2,1-3H3/b24-22-. The molecule has 6 heteroatoms. The van der Waals surface area contributed by atoms with E-state index in [4.69, 9.17) is 9.15 Å². The topological polar surface area (TPSA) is 80.0 Å². The number of nitrogens with zero attached hydrogens (tertiary/aromatic N) is 1. The number of aliphatic hydroxyl groups is 1. The van der Waals surface area contributed by atoms with Gasteiger partial charge in [-0.3, -0.25) is 14.5 Å². The fourth-order valence-electron chi connectivity index (χ4n) is 3.86. The Morgan fingerprint density at radius 2 is 1.84 bits per heavy atom. The molecular formula is C26H25NO5. The molecule has 32 heavy (non-hydrogen) atoms. The highest BCUT2D eigenvalue weighted by Gasteiger charge is 2.48. The van der Waals surface area contributed by atoms with E-state index in [1.54, 1.807) is 36.4 Å². The van der Waals surface area contributed by atoms with Crippen molar-refractivity contribution < 1.29 is 23.8 Å². The van der Waals surface area contributed by atoms with E-state index in [0.717, 1.165) is 17.5 Å². The summed E-state index contributed by atoms with van der Waals surface area (Å²) in [6.45, 7) is 6.40. The summed E-state index contributed by atoms with van der Waals surface area (Å²) in [6, 6.07) is 15.0. The van der Waals surface area contributed by atoms with Crippen LogP contribution in [0.25, 0.3) is 5.76 Å². The van der Waals surface area contributed by atoms with E-state index in [1.165, 1.54) is 11.2 Å². The average molecular weight is 431 g/mol. The molecule has 1 amide bonds. The Hall–Kier alpha value is -3.80. The first-order valence-corrected chi connectivity index (χ1v) is 10.6. The predicted molar refractivity (Wildman–Crippen MR) is 122 cm³/mol. The maximum Gasteiger partial charge on any atom is 0.300 e. The van der Waals surface area contributed by atoms with Gasteiger partial charge in [-0.05, 0) is 73.9 Å². The van der Waals surface area contributed by atoms with Crippen molar-refractivity contribution in [2.24, 2.45) is 0 Å². The lowest BCUT2D eigenvalue weighted by Gasteiger charge is -2.25. The summed E-state index contributed by atoms with van der Waals surface area (Å²) in [5.74, 6) is -0.642. The van der Waals surface area contributed by atoms with Crippen LogP contribution in [0.15, 0.2) is 70.9 Å². The minimum atomic E-state index is -0.874. The maximum absolute atomic E-state index is 13.2. The third kappa shape index (κ3) is 3.80. The minimum absolute atomic E-state index is 0.00640. The summed E-state index contributed by atoms with van der Waals surface area (Å²) >= 11 is 0. The third-order valence-electron chi connectivity index (χ3n) is 5.48. The summed E-state index contributed by atoms with van der Waals surface area (Å²) < 4.78 is 11.2. The lowest BCUT2D eigenvalue weighted by Crippen LogP contribution is -2.30. The first-order valence-electron chi connectivity index (χ1n) is 10.6. The van der Waals surface area contributed by atoms with Gasteiger partial charge < -0.3 is 14.3 Å². The molecule has 1 saturated heterocycles. The van der Waals surface area contributed by atoms with Gasteiger partial charge in [-0.25, -0.2) is 0 Å². The molecule has 0 aliphatic carbocycles. The van der Waals surface area contributed by atoms with Gasteiger partial charge in [0.15, 0.2) is 0 Å². The quantitative estimate of drug-likeness (QED) is 0.325. The van der Waals surface area contributed by atoms with E-state index in [2.05, 4.69) is 0 Å².